The molecule has 0 fully saturated rings. The Morgan fingerprint density at radius 2 is 1.95 bits per heavy atom. The van der Waals surface area contributed by atoms with Crippen LogP contribution in [-0.2, 0) is 12.7 Å². The Bertz CT molecular complexity index is 580. The molecule has 1 N–H and O–H groups in total. The monoisotopic (exact) mass is 284 g/mol. The van der Waals surface area contributed by atoms with E-state index in [0.717, 1.165) is 0 Å². The molecule has 1 aromatic heterocycles. The van der Waals surface area contributed by atoms with Crippen molar-refractivity contribution in [3.8, 4) is 0 Å². The molecule has 2 aromatic rings. The third kappa shape index (κ3) is 3.33. The molecule has 7 heteroatoms. The Hall–Kier alpha value is -1.50. The third-order valence-electron chi connectivity index (χ3n) is 3.16. The van der Waals surface area contributed by atoms with Gasteiger partial charge in [-0.1, -0.05) is 25.4 Å². The minimum Gasteiger partial charge on any atom is -0.451 e. The van der Waals surface area contributed by atoms with Crippen molar-refractivity contribution in [2.75, 3.05) is 0 Å². The average Bonchev–Trinajstić information content (AvgIpc) is 2.73. The van der Waals surface area contributed by atoms with Crippen LogP contribution in [0.1, 0.15) is 18.7 Å². The fourth-order valence-corrected chi connectivity index (χ4v) is 2.23. The van der Waals surface area contributed by atoms with E-state index in [-0.39, 0.29) is 6.54 Å². The minimum atomic E-state index is -4.46. The molecule has 2 rings (SSSR count). The molecule has 108 valence electrons. The van der Waals surface area contributed by atoms with Crippen molar-refractivity contribution in [1.29, 1.82) is 0 Å². The van der Waals surface area contributed by atoms with Gasteiger partial charge in [0, 0.05) is 6.54 Å². The van der Waals surface area contributed by atoms with Gasteiger partial charge in [0.15, 0.2) is 0 Å². The van der Waals surface area contributed by atoms with Gasteiger partial charge in [-0.2, -0.15) is 13.2 Å². The maximum atomic E-state index is 13.0. The number of imidazole rings is 1. The highest BCUT2D eigenvalue weighted by molar-refractivity contribution is 6.48. The number of hydrogen-bond donors (Lipinski definition) is 1. The zero-order valence-electron chi connectivity index (χ0n) is 11.2. The van der Waals surface area contributed by atoms with Crippen molar-refractivity contribution in [2.24, 2.45) is 0 Å². The first-order chi connectivity index (χ1) is 9.39. The van der Waals surface area contributed by atoms with Crippen molar-refractivity contribution in [2.45, 2.75) is 38.7 Å². The summed E-state index contributed by atoms with van der Waals surface area (Å²) in [5.74, 6) is -0.851. The molecular formula is C13H16BF3N2O. The Kier molecular flexibility index (Phi) is 4.37. The zero-order valence-corrected chi connectivity index (χ0v) is 11.2. The minimum absolute atomic E-state index is 0.252. The molecule has 0 amide bonds. The maximum absolute atomic E-state index is 13.0. The largest absolute Gasteiger partial charge is 0.451 e. The topological polar surface area (TPSA) is 38.0 Å². The van der Waals surface area contributed by atoms with E-state index in [0.29, 0.717) is 30.2 Å². The van der Waals surface area contributed by atoms with Crippen LogP contribution >= 0.6 is 0 Å². The maximum Gasteiger partial charge on any atom is 0.449 e. The number of nitrogens with zero attached hydrogens (tertiary/aromatic N) is 2. The molecule has 0 aliphatic heterocycles. The van der Waals surface area contributed by atoms with Crippen LogP contribution in [0.5, 0.6) is 0 Å². The predicted molar refractivity (Wildman–Crippen MR) is 72.6 cm³/mol. The van der Waals surface area contributed by atoms with Crippen molar-refractivity contribution in [1.82, 2.24) is 9.55 Å². The molecule has 0 spiro atoms. The SMILES string of the molecule is CB(O)CCCCn1c(C(F)(F)F)nc2ccccc21. The molecule has 0 saturated heterocycles. The van der Waals surface area contributed by atoms with Gasteiger partial charge < -0.3 is 9.59 Å². The molecule has 1 heterocycles. The van der Waals surface area contributed by atoms with Gasteiger partial charge in [0.2, 0.25) is 5.82 Å². The van der Waals surface area contributed by atoms with Crippen LogP contribution < -0.4 is 0 Å². The lowest BCUT2D eigenvalue weighted by atomic mass is 9.67. The normalized spacial score (nSPS) is 12.1. The summed E-state index contributed by atoms with van der Waals surface area (Å²) in [5.41, 5.74) is 0.854. The molecule has 0 unspecified atom stereocenters. The fraction of sp³-hybridized carbons (Fsp3) is 0.462. The summed E-state index contributed by atoms with van der Waals surface area (Å²) in [6.45, 7) is 1.51. The van der Waals surface area contributed by atoms with Gasteiger partial charge in [-0.25, -0.2) is 4.98 Å². The molecule has 3 nitrogen and oxygen atoms in total. The van der Waals surface area contributed by atoms with E-state index in [4.69, 9.17) is 5.02 Å². The summed E-state index contributed by atoms with van der Waals surface area (Å²) in [6, 6.07) is 6.60. The Morgan fingerprint density at radius 3 is 2.60 bits per heavy atom. The number of alkyl halides is 3. The van der Waals surface area contributed by atoms with Crippen LogP contribution in [0.4, 0.5) is 13.2 Å². The van der Waals surface area contributed by atoms with Gasteiger partial charge >= 0.3 is 6.18 Å². The second-order valence-electron chi connectivity index (χ2n) is 4.92. The number of aryl methyl sites for hydroxylation is 1. The smallest absolute Gasteiger partial charge is 0.449 e. The molecule has 0 radical (unpaired) electrons. The number of rotatable bonds is 5. The lowest BCUT2D eigenvalue weighted by molar-refractivity contribution is -0.146. The van der Waals surface area contributed by atoms with Crippen molar-refractivity contribution in [3.63, 3.8) is 0 Å². The standard InChI is InChI=1S/C13H16BF3N2O/c1-14(20)8-4-5-9-19-11-7-3-2-6-10(11)18-12(19)13(15,16)17/h2-3,6-7,20H,4-5,8-9H2,1H3. The Balaban J connectivity index is 2.25. The summed E-state index contributed by atoms with van der Waals surface area (Å²) in [6.07, 6.45) is -2.60. The lowest BCUT2D eigenvalue weighted by Gasteiger charge is -2.11. The van der Waals surface area contributed by atoms with E-state index in [9.17, 15) is 13.2 Å². The average molecular weight is 284 g/mol. The van der Waals surface area contributed by atoms with Gasteiger partial charge in [0.1, 0.15) is 0 Å². The number of aromatic nitrogens is 2. The number of benzene rings is 1. The Labute approximate surface area is 115 Å². The molecule has 20 heavy (non-hydrogen) atoms. The van der Waals surface area contributed by atoms with Gasteiger partial charge in [-0.3, -0.25) is 0 Å². The summed E-state index contributed by atoms with van der Waals surface area (Å²) in [7, 11) is 0. The summed E-state index contributed by atoms with van der Waals surface area (Å²) in [5, 5.41) is 9.17. The number of unbranched alkanes of at least 4 members (excludes halogenated alkanes) is 1. The van der Waals surface area contributed by atoms with Gasteiger partial charge in [-0.15, -0.1) is 0 Å². The second-order valence-corrected chi connectivity index (χ2v) is 4.92. The summed E-state index contributed by atoms with van der Waals surface area (Å²) in [4.78, 5) is 3.69. The van der Waals surface area contributed by atoms with E-state index < -0.39 is 18.9 Å². The van der Waals surface area contributed by atoms with Crippen LogP contribution in [0.2, 0.25) is 13.1 Å². The van der Waals surface area contributed by atoms with Gasteiger partial charge in [0.05, 0.1) is 11.0 Å². The lowest BCUT2D eigenvalue weighted by Crippen LogP contribution is -2.15. The number of para-hydroxylation sites is 2. The van der Waals surface area contributed by atoms with Gasteiger partial charge in [0.25, 0.3) is 6.92 Å². The molecule has 0 aliphatic carbocycles. The van der Waals surface area contributed by atoms with E-state index in [1.54, 1.807) is 31.1 Å². The molecule has 1 aromatic carbocycles. The van der Waals surface area contributed by atoms with E-state index in [2.05, 4.69) is 4.98 Å². The van der Waals surface area contributed by atoms with Crippen molar-refractivity contribution >= 4 is 17.9 Å². The van der Waals surface area contributed by atoms with Crippen LogP contribution in [0.15, 0.2) is 24.3 Å². The van der Waals surface area contributed by atoms with Crippen molar-refractivity contribution in [3.05, 3.63) is 30.1 Å². The summed E-state index contributed by atoms with van der Waals surface area (Å²) >= 11 is 0. The van der Waals surface area contributed by atoms with Crippen molar-refractivity contribution < 1.29 is 18.2 Å². The van der Waals surface area contributed by atoms with Crippen LogP contribution in [0.25, 0.3) is 11.0 Å². The second kappa shape index (κ2) is 5.87. The number of halogens is 3. The number of hydrogen-bond acceptors (Lipinski definition) is 2. The first-order valence-electron chi connectivity index (χ1n) is 6.60. The first-order valence-corrected chi connectivity index (χ1v) is 6.60. The van der Waals surface area contributed by atoms with Crippen LogP contribution in [0.3, 0.4) is 0 Å². The van der Waals surface area contributed by atoms with Crippen LogP contribution in [0, 0.1) is 0 Å². The fourth-order valence-electron chi connectivity index (χ4n) is 2.23. The molecule has 0 bridgehead atoms. The van der Waals surface area contributed by atoms with E-state index >= 15 is 0 Å². The Morgan fingerprint density at radius 1 is 1.25 bits per heavy atom. The molecule has 0 saturated carbocycles. The highest BCUT2D eigenvalue weighted by atomic mass is 19.4. The summed E-state index contributed by atoms with van der Waals surface area (Å²) < 4.78 is 40.2. The quantitative estimate of drug-likeness (QED) is 0.674. The van der Waals surface area contributed by atoms with Gasteiger partial charge in [-0.05, 0) is 24.9 Å². The highest BCUT2D eigenvalue weighted by Crippen LogP contribution is 2.31. The zero-order chi connectivity index (χ0) is 14.8. The highest BCUT2D eigenvalue weighted by Gasteiger charge is 2.37. The molecular weight excluding hydrogens is 268 g/mol. The first kappa shape index (κ1) is 14.9. The van der Waals surface area contributed by atoms with Crippen LogP contribution in [-0.4, -0.2) is 21.5 Å². The molecule has 0 atom stereocenters. The third-order valence-corrected chi connectivity index (χ3v) is 3.16. The molecule has 0 aliphatic rings. The predicted octanol–water partition coefficient (Wildman–Crippen LogP) is 3.45. The van der Waals surface area contributed by atoms with E-state index in [1.165, 1.54) is 4.57 Å². The van der Waals surface area contributed by atoms with E-state index in [1.807, 2.05) is 0 Å². The number of fused-ring (bicyclic) bond motifs is 1.